The third-order valence-electron chi connectivity index (χ3n) is 3.14. The molecule has 0 aliphatic heterocycles. The fraction of sp³-hybridized carbons (Fsp3) is 0.0667. The summed E-state index contributed by atoms with van der Waals surface area (Å²) in [5, 5.41) is 4.55. The van der Waals surface area contributed by atoms with E-state index in [0.29, 0.717) is 0 Å². The van der Waals surface area contributed by atoms with Crippen LogP contribution in [0.15, 0.2) is 49.8 Å². The van der Waals surface area contributed by atoms with E-state index in [1.54, 1.807) is 7.11 Å². The molecule has 3 rings (SSSR count). The average molecular weight is 445 g/mol. The zero-order valence-corrected chi connectivity index (χ0v) is 14.8. The van der Waals surface area contributed by atoms with Crippen molar-refractivity contribution in [2.24, 2.45) is 0 Å². The topological polar surface area (TPSA) is 9.23 Å². The second kappa shape index (κ2) is 5.08. The molecule has 0 unspecified atom stereocenters. The Balaban J connectivity index is 2.63. The second-order valence-corrected chi connectivity index (χ2v) is 6.71. The number of hydrogen-bond donors (Lipinski definition) is 0. The lowest BCUT2D eigenvalue weighted by molar-refractivity contribution is 0.419. The number of rotatable bonds is 1. The highest BCUT2D eigenvalue weighted by Crippen LogP contribution is 2.44. The van der Waals surface area contributed by atoms with Gasteiger partial charge in [-0.25, -0.2) is 0 Å². The van der Waals surface area contributed by atoms with Gasteiger partial charge in [-0.2, -0.15) is 0 Å². The molecule has 96 valence electrons. The SMILES string of the molecule is COc1cc(Br)cc2c(Br)c3ccccc3c(Br)c12. The molecular formula is C15H9Br3O. The highest BCUT2D eigenvalue weighted by Gasteiger charge is 2.14. The fourth-order valence-electron chi connectivity index (χ4n) is 2.29. The van der Waals surface area contributed by atoms with Crippen molar-refractivity contribution in [1.29, 1.82) is 0 Å². The molecule has 0 fully saturated rings. The van der Waals surface area contributed by atoms with Gasteiger partial charge in [0.05, 0.1) is 7.11 Å². The lowest BCUT2D eigenvalue weighted by Crippen LogP contribution is -1.89. The van der Waals surface area contributed by atoms with Crippen LogP contribution in [-0.2, 0) is 0 Å². The Labute approximate surface area is 136 Å². The van der Waals surface area contributed by atoms with Crippen LogP contribution in [0.5, 0.6) is 5.75 Å². The lowest BCUT2D eigenvalue weighted by atomic mass is 10.0. The zero-order chi connectivity index (χ0) is 13.6. The Morgan fingerprint density at radius 1 is 0.842 bits per heavy atom. The molecule has 0 saturated heterocycles. The van der Waals surface area contributed by atoms with Crippen molar-refractivity contribution in [3.05, 3.63) is 49.8 Å². The maximum absolute atomic E-state index is 5.51. The number of halogens is 3. The number of benzene rings is 3. The molecule has 3 aromatic carbocycles. The van der Waals surface area contributed by atoms with E-state index in [-0.39, 0.29) is 0 Å². The molecule has 4 heteroatoms. The Bertz CT molecular complexity index is 796. The van der Waals surface area contributed by atoms with Gasteiger partial charge in [-0.15, -0.1) is 0 Å². The molecule has 0 bridgehead atoms. The summed E-state index contributed by atoms with van der Waals surface area (Å²) in [5.74, 6) is 0.850. The lowest BCUT2D eigenvalue weighted by Gasteiger charge is -2.13. The van der Waals surface area contributed by atoms with E-state index >= 15 is 0 Å². The van der Waals surface area contributed by atoms with Crippen molar-refractivity contribution in [2.75, 3.05) is 7.11 Å². The van der Waals surface area contributed by atoms with E-state index in [0.717, 1.165) is 29.9 Å². The summed E-state index contributed by atoms with van der Waals surface area (Å²) in [4.78, 5) is 0. The van der Waals surface area contributed by atoms with Crippen molar-refractivity contribution in [2.45, 2.75) is 0 Å². The fourth-order valence-corrected chi connectivity index (χ4v) is 4.14. The van der Waals surface area contributed by atoms with Gasteiger partial charge in [0.2, 0.25) is 0 Å². The molecule has 1 nitrogen and oxygen atoms in total. The Morgan fingerprint density at radius 2 is 1.47 bits per heavy atom. The molecule has 0 radical (unpaired) electrons. The van der Waals surface area contributed by atoms with Crippen LogP contribution in [0.3, 0.4) is 0 Å². The third kappa shape index (κ3) is 2.10. The molecule has 0 aliphatic carbocycles. The largest absolute Gasteiger partial charge is 0.496 e. The Hall–Kier alpha value is -0.580. The average Bonchev–Trinajstić information content (AvgIpc) is 2.43. The quantitative estimate of drug-likeness (QED) is 0.401. The summed E-state index contributed by atoms with van der Waals surface area (Å²) in [5.41, 5.74) is 0. The van der Waals surface area contributed by atoms with Crippen molar-refractivity contribution < 1.29 is 4.74 Å². The number of hydrogen-bond acceptors (Lipinski definition) is 1. The van der Waals surface area contributed by atoms with Gasteiger partial charge in [0.25, 0.3) is 0 Å². The Morgan fingerprint density at radius 3 is 2.11 bits per heavy atom. The molecule has 0 N–H and O–H groups in total. The van der Waals surface area contributed by atoms with Gasteiger partial charge in [0.15, 0.2) is 0 Å². The van der Waals surface area contributed by atoms with Gasteiger partial charge in [-0.05, 0) is 54.8 Å². The van der Waals surface area contributed by atoms with Crippen LogP contribution in [-0.4, -0.2) is 7.11 Å². The highest BCUT2D eigenvalue weighted by atomic mass is 79.9. The summed E-state index contributed by atoms with van der Waals surface area (Å²) in [6.45, 7) is 0. The van der Waals surface area contributed by atoms with Crippen LogP contribution in [0.2, 0.25) is 0 Å². The number of ether oxygens (including phenoxy) is 1. The predicted octanol–water partition coefficient (Wildman–Crippen LogP) is 6.29. The monoisotopic (exact) mass is 442 g/mol. The molecule has 0 aliphatic rings. The summed E-state index contributed by atoms with van der Waals surface area (Å²) >= 11 is 11.0. The predicted molar refractivity (Wildman–Crippen MR) is 91.1 cm³/mol. The highest BCUT2D eigenvalue weighted by molar-refractivity contribution is 9.11. The van der Waals surface area contributed by atoms with E-state index in [1.807, 2.05) is 18.2 Å². The van der Waals surface area contributed by atoms with E-state index in [4.69, 9.17) is 4.74 Å². The van der Waals surface area contributed by atoms with Crippen LogP contribution < -0.4 is 4.74 Å². The molecule has 0 heterocycles. The molecule has 0 aromatic heterocycles. The molecule has 0 atom stereocenters. The summed E-state index contributed by atoms with van der Waals surface area (Å²) in [6.07, 6.45) is 0. The van der Waals surface area contributed by atoms with Gasteiger partial charge in [-0.3, -0.25) is 0 Å². The number of methoxy groups -OCH3 is 1. The van der Waals surface area contributed by atoms with Crippen LogP contribution in [0.1, 0.15) is 0 Å². The Kier molecular flexibility index (Phi) is 3.58. The molecule has 19 heavy (non-hydrogen) atoms. The molecule has 0 saturated carbocycles. The first-order valence-corrected chi connectivity index (χ1v) is 8.04. The first-order chi connectivity index (χ1) is 9.13. The van der Waals surface area contributed by atoms with Gasteiger partial charge in [-0.1, -0.05) is 40.2 Å². The van der Waals surface area contributed by atoms with Crippen molar-refractivity contribution in [3.8, 4) is 5.75 Å². The van der Waals surface area contributed by atoms with Gasteiger partial charge >= 0.3 is 0 Å². The zero-order valence-electron chi connectivity index (χ0n) is 10.0. The number of fused-ring (bicyclic) bond motifs is 2. The van der Waals surface area contributed by atoms with Crippen LogP contribution >= 0.6 is 47.8 Å². The molecule has 0 spiro atoms. The molecular weight excluding hydrogens is 436 g/mol. The van der Waals surface area contributed by atoms with E-state index < -0.39 is 0 Å². The first-order valence-electron chi connectivity index (χ1n) is 5.66. The van der Waals surface area contributed by atoms with Crippen molar-refractivity contribution in [3.63, 3.8) is 0 Å². The summed E-state index contributed by atoms with van der Waals surface area (Å²) in [7, 11) is 1.69. The van der Waals surface area contributed by atoms with Crippen LogP contribution in [0.4, 0.5) is 0 Å². The summed E-state index contributed by atoms with van der Waals surface area (Å²) in [6, 6.07) is 12.4. The minimum atomic E-state index is 0.850. The maximum atomic E-state index is 5.51. The van der Waals surface area contributed by atoms with E-state index in [9.17, 15) is 0 Å². The minimum Gasteiger partial charge on any atom is -0.496 e. The molecule has 0 amide bonds. The normalized spacial score (nSPS) is 11.2. The third-order valence-corrected chi connectivity index (χ3v) is 5.28. The van der Waals surface area contributed by atoms with Crippen molar-refractivity contribution >= 4 is 69.3 Å². The molecule has 3 aromatic rings. The minimum absolute atomic E-state index is 0.850. The maximum Gasteiger partial charge on any atom is 0.129 e. The second-order valence-electron chi connectivity index (χ2n) is 4.20. The van der Waals surface area contributed by atoms with Crippen LogP contribution in [0.25, 0.3) is 21.5 Å². The smallest absolute Gasteiger partial charge is 0.129 e. The van der Waals surface area contributed by atoms with Gasteiger partial charge in [0, 0.05) is 24.2 Å². The van der Waals surface area contributed by atoms with E-state index in [1.165, 1.54) is 10.8 Å². The first kappa shape index (κ1) is 13.4. The van der Waals surface area contributed by atoms with Gasteiger partial charge in [0.1, 0.15) is 5.75 Å². The summed E-state index contributed by atoms with van der Waals surface area (Å²) < 4.78 is 8.66. The van der Waals surface area contributed by atoms with Crippen molar-refractivity contribution in [1.82, 2.24) is 0 Å². The standard InChI is InChI=1S/C15H9Br3O/c1-19-12-7-8(16)6-11-13(12)15(18)10-5-3-2-4-9(10)14(11)17/h2-7H,1H3. The van der Waals surface area contributed by atoms with Gasteiger partial charge < -0.3 is 4.74 Å². The van der Waals surface area contributed by atoms with Crippen LogP contribution in [0, 0.1) is 0 Å². The van der Waals surface area contributed by atoms with E-state index in [2.05, 4.69) is 66.0 Å².